The minimum absolute atomic E-state index is 0.0617. The van der Waals surface area contributed by atoms with Gasteiger partial charge in [-0.3, -0.25) is 4.79 Å². The first-order chi connectivity index (χ1) is 7.63. The van der Waals surface area contributed by atoms with Crippen LogP contribution in [0.4, 0.5) is 0 Å². The third-order valence-electron chi connectivity index (χ3n) is 3.44. The number of carbonyl (C=O) groups excluding carboxylic acids is 1. The predicted octanol–water partition coefficient (Wildman–Crippen LogP) is -0.258. The first-order valence-electron chi connectivity index (χ1n) is 5.89. The van der Waals surface area contributed by atoms with Gasteiger partial charge < -0.3 is 20.1 Å². The van der Waals surface area contributed by atoms with Crippen molar-refractivity contribution < 1.29 is 14.3 Å². The Morgan fingerprint density at radius 1 is 1.31 bits per heavy atom. The van der Waals surface area contributed by atoms with Gasteiger partial charge in [0.15, 0.2) is 0 Å². The van der Waals surface area contributed by atoms with Gasteiger partial charge in [0.1, 0.15) is 0 Å². The van der Waals surface area contributed by atoms with E-state index in [4.69, 9.17) is 15.2 Å². The van der Waals surface area contributed by atoms with Gasteiger partial charge in [-0.05, 0) is 19.8 Å². The van der Waals surface area contributed by atoms with Crippen LogP contribution >= 0.6 is 0 Å². The fourth-order valence-electron chi connectivity index (χ4n) is 2.26. The molecule has 0 aromatic heterocycles. The molecule has 0 aliphatic carbocycles. The monoisotopic (exact) mass is 228 g/mol. The molecule has 2 rings (SSSR count). The fourth-order valence-corrected chi connectivity index (χ4v) is 2.26. The Labute approximate surface area is 95.9 Å². The topological polar surface area (TPSA) is 64.8 Å². The molecule has 2 N–H and O–H groups in total. The van der Waals surface area contributed by atoms with Crippen molar-refractivity contribution in [1.82, 2.24) is 4.90 Å². The van der Waals surface area contributed by atoms with Gasteiger partial charge in [-0.15, -0.1) is 0 Å². The standard InChI is InChI=1S/C11H20N2O3/c1-9-8-16-7-4-13(9)10(14)11(12)2-5-15-6-3-11/h9H,2-8,12H2,1H3/t9-/m1/s1. The number of rotatable bonds is 1. The molecule has 1 atom stereocenters. The van der Waals surface area contributed by atoms with Crippen molar-refractivity contribution in [1.29, 1.82) is 0 Å². The van der Waals surface area contributed by atoms with Crippen molar-refractivity contribution >= 4 is 5.91 Å². The first kappa shape index (κ1) is 11.8. The Bertz CT molecular complexity index is 264. The zero-order valence-electron chi connectivity index (χ0n) is 9.78. The van der Waals surface area contributed by atoms with Gasteiger partial charge in [-0.25, -0.2) is 0 Å². The molecule has 2 aliphatic heterocycles. The molecule has 0 aromatic carbocycles. The molecule has 2 saturated heterocycles. The number of nitrogens with two attached hydrogens (primary N) is 1. The molecule has 5 nitrogen and oxygen atoms in total. The molecule has 16 heavy (non-hydrogen) atoms. The Hall–Kier alpha value is -0.650. The van der Waals surface area contributed by atoms with Gasteiger partial charge in [0.05, 0.1) is 24.8 Å². The first-order valence-corrected chi connectivity index (χ1v) is 5.89. The van der Waals surface area contributed by atoms with Crippen LogP contribution in [0.5, 0.6) is 0 Å². The third-order valence-corrected chi connectivity index (χ3v) is 3.44. The van der Waals surface area contributed by atoms with E-state index < -0.39 is 5.54 Å². The zero-order valence-corrected chi connectivity index (χ0v) is 9.78. The molecule has 5 heteroatoms. The van der Waals surface area contributed by atoms with Crippen molar-refractivity contribution in [3.05, 3.63) is 0 Å². The molecular formula is C11H20N2O3. The second-order valence-electron chi connectivity index (χ2n) is 4.69. The number of amides is 1. The Balaban J connectivity index is 2.04. The molecule has 92 valence electrons. The summed E-state index contributed by atoms with van der Waals surface area (Å²) in [5.74, 6) is 0.0617. The summed E-state index contributed by atoms with van der Waals surface area (Å²) in [7, 11) is 0. The largest absolute Gasteiger partial charge is 0.381 e. The molecule has 1 amide bonds. The van der Waals surface area contributed by atoms with E-state index >= 15 is 0 Å². The number of hydrogen-bond acceptors (Lipinski definition) is 4. The summed E-state index contributed by atoms with van der Waals surface area (Å²) in [6.45, 7) is 5.04. The quantitative estimate of drug-likeness (QED) is 0.671. The molecule has 0 unspecified atom stereocenters. The van der Waals surface area contributed by atoms with Crippen molar-refractivity contribution in [3.63, 3.8) is 0 Å². The van der Waals surface area contributed by atoms with Crippen LogP contribution in [-0.4, -0.2) is 55.4 Å². The third kappa shape index (κ3) is 2.21. The Kier molecular flexibility index (Phi) is 3.47. The van der Waals surface area contributed by atoms with E-state index in [0.29, 0.717) is 45.8 Å². The lowest BCUT2D eigenvalue weighted by Gasteiger charge is -2.41. The summed E-state index contributed by atoms with van der Waals surface area (Å²) >= 11 is 0. The van der Waals surface area contributed by atoms with Crippen LogP contribution in [0.15, 0.2) is 0 Å². The maximum Gasteiger partial charge on any atom is 0.243 e. The van der Waals surface area contributed by atoms with E-state index in [1.165, 1.54) is 0 Å². The lowest BCUT2D eigenvalue weighted by atomic mass is 9.89. The summed E-state index contributed by atoms with van der Waals surface area (Å²) in [5.41, 5.74) is 5.47. The van der Waals surface area contributed by atoms with Gasteiger partial charge in [-0.1, -0.05) is 0 Å². The van der Waals surface area contributed by atoms with E-state index in [1.54, 1.807) is 0 Å². The molecule has 2 fully saturated rings. The molecule has 0 aromatic rings. The number of carbonyl (C=O) groups is 1. The number of nitrogens with zero attached hydrogens (tertiary/aromatic N) is 1. The zero-order chi connectivity index (χ0) is 11.6. The van der Waals surface area contributed by atoms with E-state index in [-0.39, 0.29) is 11.9 Å². The smallest absolute Gasteiger partial charge is 0.243 e. The molecule has 0 bridgehead atoms. The van der Waals surface area contributed by atoms with Crippen molar-refractivity contribution in [2.24, 2.45) is 5.73 Å². The Morgan fingerprint density at radius 2 is 2.00 bits per heavy atom. The van der Waals surface area contributed by atoms with Crippen LogP contribution in [0.1, 0.15) is 19.8 Å². The fraction of sp³-hybridized carbons (Fsp3) is 0.909. The van der Waals surface area contributed by atoms with E-state index in [0.717, 1.165) is 0 Å². The van der Waals surface area contributed by atoms with Crippen molar-refractivity contribution in [2.75, 3.05) is 33.0 Å². The minimum Gasteiger partial charge on any atom is -0.381 e. The highest BCUT2D eigenvalue weighted by Crippen LogP contribution is 2.22. The van der Waals surface area contributed by atoms with Gasteiger partial charge in [0.2, 0.25) is 5.91 Å². The summed E-state index contributed by atoms with van der Waals surface area (Å²) in [6.07, 6.45) is 1.24. The van der Waals surface area contributed by atoms with Crippen LogP contribution in [0, 0.1) is 0 Å². The highest BCUT2D eigenvalue weighted by molar-refractivity contribution is 5.86. The van der Waals surface area contributed by atoms with Crippen LogP contribution < -0.4 is 5.73 Å². The van der Waals surface area contributed by atoms with Crippen molar-refractivity contribution in [2.45, 2.75) is 31.3 Å². The van der Waals surface area contributed by atoms with E-state index in [2.05, 4.69) is 0 Å². The number of hydrogen-bond donors (Lipinski definition) is 1. The van der Waals surface area contributed by atoms with Crippen LogP contribution in [-0.2, 0) is 14.3 Å². The molecule has 0 radical (unpaired) electrons. The minimum atomic E-state index is -0.718. The molecule has 2 heterocycles. The lowest BCUT2D eigenvalue weighted by molar-refractivity contribution is -0.148. The second kappa shape index (κ2) is 4.69. The van der Waals surface area contributed by atoms with Gasteiger partial charge in [-0.2, -0.15) is 0 Å². The maximum atomic E-state index is 12.4. The molecule has 0 spiro atoms. The van der Waals surface area contributed by atoms with Crippen molar-refractivity contribution in [3.8, 4) is 0 Å². The van der Waals surface area contributed by atoms with Crippen LogP contribution in [0.25, 0.3) is 0 Å². The number of ether oxygens (including phenoxy) is 2. The average Bonchev–Trinajstić information content (AvgIpc) is 2.30. The normalized spacial score (nSPS) is 30.1. The summed E-state index contributed by atoms with van der Waals surface area (Å²) < 4.78 is 10.6. The highest BCUT2D eigenvalue weighted by atomic mass is 16.5. The van der Waals surface area contributed by atoms with E-state index in [1.807, 2.05) is 11.8 Å². The molecular weight excluding hydrogens is 208 g/mol. The van der Waals surface area contributed by atoms with Gasteiger partial charge >= 0.3 is 0 Å². The number of morpholine rings is 1. The summed E-state index contributed by atoms with van der Waals surface area (Å²) in [4.78, 5) is 14.2. The summed E-state index contributed by atoms with van der Waals surface area (Å²) in [5, 5.41) is 0. The average molecular weight is 228 g/mol. The van der Waals surface area contributed by atoms with E-state index in [9.17, 15) is 4.79 Å². The summed E-state index contributed by atoms with van der Waals surface area (Å²) in [6, 6.07) is 0.129. The molecule has 0 saturated carbocycles. The lowest BCUT2D eigenvalue weighted by Crippen LogP contribution is -2.61. The van der Waals surface area contributed by atoms with Gasteiger partial charge in [0.25, 0.3) is 0 Å². The predicted molar refractivity (Wildman–Crippen MR) is 59.0 cm³/mol. The second-order valence-corrected chi connectivity index (χ2v) is 4.69. The van der Waals surface area contributed by atoms with Crippen LogP contribution in [0.2, 0.25) is 0 Å². The maximum absolute atomic E-state index is 12.4. The Morgan fingerprint density at radius 3 is 2.62 bits per heavy atom. The van der Waals surface area contributed by atoms with Gasteiger partial charge in [0, 0.05) is 19.8 Å². The SMILES string of the molecule is C[C@@H]1COCCN1C(=O)C1(N)CCOCC1. The highest BCUT2D eigenvalue weighted by Gasteiger charge is 2.40. The molecule has 2 aliphatic rings. The van der Waals surface area contributed by atoms with Crippen LogP contribution in [0.3, 0.4) is 0 Å².